The highest BCUT2D eigenvalue weighted by molar-refractivity contribution is 5.79. The molecule has 0 aromatic heterocycles. The molecule has 54 valence electrons. The Balaban J connectivity index is 3.06. The minimum Gasteiger partial charge on any atom is -0.377 e. The number of ether oxygens (including phenoxy) is 1. The quantitative estimate of drug-likeness (QED) is 0.562. The van der Waals surface area contributed by atoms with Gasteiger partial charge in [-0.1, -0.05) is 13.3 Å². The summed E-state index contributed by atoms with van der Waals surface area (Å²) in [6.45, 7) is 2.35. The Morgan fingerprint density at radius 3 is 2.67 bits per heavy atom. The van der Waals surface area contributed by atoms with Gasteiger partial charge in [-0.05, 0) is 6.42 Å². The van der Waals surface area contributed by atoms with E-state index in [0.29, 0.717) is 6.42 Å². The second-order valence-electron chi connectivity index (χ2n) is 2.08. The van der Waals surface area contributed by atoms with Crippen molar-refractivity contribution in [3.8, 4) is 0 Å². The van der Waals surface area contributed by atoms with Gasteiger partial charge in [0.05, 0.1) is 0 Å². The van der Waals surface area contributed by atoms with Gasteiger partial charge in [0.15, 0.2) is 5.78 Å². The number of carbonyl (C=O) groups excluding carboxylic acids is 1. The van der Waals surface area contributed by atoms with Crippen LogP contribution in [-0.2, 0) is 9.53 Å². The molecule has 2 heteroatoms. The van der Waals surface area contributed by atoms with Crippen LogP contribution < -0.4 is 0 Å². The fourth-order valence-corrected chi connectivity index (χ4v) is 0.607. The number of carbonyl (C=O) groups is 1. The molecular weight excluding hydrogens is 116 g/mol. The van der Waals surface area contributed by atoms with E-state index < -0.39 is 0 Å². The molecule has 0 fully saturated rings. The van der Waals surface area contributed by atoms with Crippen LogP contribution in [0.15, 0.2) is 0 Å². The van der Waals surface area contributed by atoms with Crippen LogP contribution in [0.1, 0.15) is 26.2 Å². The van der Waals surface area contributed by atoms with Gasteiger partial charge in [0.1, 0.15) is 6.61 Å². The van der Waals surface area contributed by atoms with E-state index in [4.69, 9.17) is 0 Å². The number of hydrogen-bond acceptors (Lipinski definition) is 2. The molecule has 2 nitrogen and oxygen atoms in total. The minimum absolute atomic E-state index is 0.208. The average molecular weight is 130 g/mol. The third-order valence-electron chi connectivity index (χ3n) is 1.11. The summed E-state index contributed by atoms with van der Waals surface area (Å²) >= 11 is 0. The zero-order valence-electron chi connectivity index (χ0n) is 6.14. The fourth-order valence-electron chi connectivity index (χ4n) is 0.607. The maximum atomic E-state index is 10.7. The first kappa shape index (κ1) is 8.63. The molecule has 0 rings (SSSR count). The van der Waals surface area contributed by atoms with Crippen LogP contribution >= 0.6 is 0 Å². The van der Waals surface area contributed by atoms with Crippen molar-refractivity contribution in [3.63, 3.8) is 0 Å². The smallest absolute Gasteiger partial charge is 0.158 e. The molecule has 0 bridgehead atoms. The number of unbranched alkanes of at least 4 members (excludes halogenated alkanes) is 1. The van der Waals surface area contributed by atoms with Crippen molar-refractivity contribution in [2.24, 2.45) is 0 Å². The summed E-state index contributed by atoms with van der Waals surface area (Å²) in [4.78, 5) is 10.7. The Labute approximate surface area is 56.2 Å². The molecule has 0 heterocycles. The number of ketones is 1. The molecule has 0 atom stereocenters. The number of methoxy groups -OCH3 is 1. The lowest BCUT2D eigenvalue weighted by Gasteiger charge is -1.95. The van der Waals surface area contributed by atoms with Gasteiger partial charge >= 0.3 is 0 Å². The first-order valence-electron chi connectivity index (χ1n) is 3.32. The zero-order chi connectivity index (χ0) is 7.11. The predicted octanol–water partition coefficient (Wildman–Crippen LogP) is 1.39. The molecule has 0 aliphatic rings. The van der Waals surface area contributed by atoms with E-state index in [1.807, 2.05) is 0 Å². The number of rotatable bonds is 5. The van der Waals surface area contributed by atoms with Crippen molar-refractivity contribution in [2.75, 3.05) is 13.7 Å². The highest BCUT2D eigenvalue weighted by atomic mass is 16.5. The van der Waals surface area contributed by atoms with Gasteiger partial charge in [-0.2, -0.15) is 0 Å². The van der Waals surface area contributed by atoms with Crippen LogP contribution in [0.3, 0.4) is 0 Å². The van der Waals surface area contributed by atoms with Crippen molar-refractivity contribution in [3.05, 3.63) is 0 Å². The van der Waals surface area contributed by atoms with Crippen LogP contribution in [0.4, 0.5) is 0 Å². The van der Waals surface area contributed by atoms with Crippen molar-refractivity contribution in [1.29, 1.82) is 0 Å². The predicted molar refractivity (Wildman–Crippen MR) is 36.4 cm³/mol. The highest BCUT2D eigenvalue weighted by Crippen LogP contribution is 1.94. The lowest BCUT2D eigenvalue weighted by molar-refractivity contribution is -0.122. The van der Waals surface area contributed by atoms with Crippen LogP contribution in [0, 0.1) is 0 Å². The molecule has 0 saturated heterocycles. The maximum absolute atomic E-state index is 10.7. The van der Waals surface area contributed by atoms with Gasteiger partial charge in [-0.25, -0.2) is 0 Å². The molecule has 0 radical (unpaired) electrons. The van der Waals surface area contributed by atoms with Crippen LogP contribution in [0.25, 0.3) is 0 Å². The molecule has 0 aromatic rings. The molecule has 0 aliphatic heterocycles. The molecular formula is C7H14O2. The van der Waals surface area contributed by atoms with Gasteiger partial charge in [-0.15, -0.1) is 0 Å². The van der Waals surface area contributed by atoms with Crippen molar-refractivity contribution < 1.29 is 9.53 Å². The Hall–Kier alpha value is -0.370. The Morgan fingerprint density at radius 1 is 1.56 bits per heavy atom. The van der Waals surface area contributed by atoms with Crippen molar-refractivity contribution in [2.45, 2.75) is 26.2 Å². The topological polar surface area (TPSA) is 26.3 Å². The Morgan fingerprint density at radius 2 is 2.22 bits per heavy atom. The molecule has 0 amide bonds. The maximum Gasteiger partial charge on any atom is 0.158 e. The van der Waals surface area contributed by atoms with E-state index in [0.717, 1.165) is 12.8 Å². The van der Waals surface area contributed by atoms with Crippen molar-refractivity contribution >= 4 is 5.78 Å². The molecule has 0 N–H and O–H groups in total. The number of hydrogen-bond donors (Lipinski definition) is 0. The molecule has 0 aromatic carbocycles. The van der Waals surface area contributed by atoms with E-state index in [2.05, 4.69) is 11.7 Å². The summed E-state index contributed by atoms with van der Waals surface area (Å²) in [6.07, 6.45) is 2.74. The summed E-state index contributed by atoms with van der Waals surface area (Å²) < 4.78 is 4.65. The van der Waals surface area contributed by atoms with Crippen LogP contribution in [-0.4, -0.2) is 19.5 Å². The normalized spacial score (nSPS) is 9.56. The largest absolute Gasteiger partial charge is 0.377 e. The summed E-state index contributed by atoms with van der Waals surface area (Å²) in [5, 5.41) is 0. The van der Waals surface area contributed by atoms with Crippen molar-refractivity contribution in [1.82, 2.24) is 0 Å². The van der Waals surface area contributed by atoms with Gasteiger partial charge in [0, 0.05) is 13.5 Å². The molecule has 0 spiro atoms. The molecule has 0 saturated carbocycles. The van der Waals surface area contributed by atoms with Gasteiger partial charge in [0.2, 0.25) is 0 Å². The molecule has 9 heavy (non-hydrogen) atoms. The third kappa shape index (κ3) is 5.50. The van der Waals surface area contributed by atoms with E-state index >= 15 is 0 Å². The van der Waals surface area contributed by atoms with E-state index in [9.17, 15) is 4.79 Å². The van der Waals surface area contributed by atoms with Crippen LogP contribution in [0.5, 0.6) is 0 Å². The Bertz CT molecular complexity index is 79.0. The lowest BCUT2D eigenvalue weighted by atomic mass is 10.2. The lowest BCUT2D eigenvalue weighted by Crippen LogP contribution is -2.05. The average Bonchev–Trinajstić information content (AvgIpc) is 1.85. The van der Waals surface area contributed by atoms with E-state index in [1.165, 1.54) is 0 Å². The first-order chi connectivity index (χ1) is 4.31. The first-order valence-corrected chi connectivity index (χ1v) is 3.32. The Kier molecular flexibility index (Phi) is 5.52. The number of Topliss-reactive ketones (excluding diaryl/α,β-unsaturated/α-hetero) is 1. The standard InChI is InChI=1S/C7H14O2/c1-3-4-5-7(8)6-9-2/h3-6H2,1-2H3. The summed E-state index contributed by atoms with van der Waals surface area (Å²) in [7, 11) is 1.55. The van der Waals surface area contributed by atoms with E-state index in [-0.39, 0.29) is 12.4 Å². The summed E-state index contributed by atoms with van der Waals surface area (Å²) in [6, 6.07) is 0. The zero-order valence-corrected chi connectivity index (χ0v) is 6.14. The van der Waals surface area contributed by atoms with Gasteiger partial charge in [0.25, 0.3) is 0 Å². The summed E-state index contributed by atoms with van der Waals surface area (Å²) in [5.74, 6) is 0.208. The van der Waals surface area contributed by atoms with Gasteiger partial charge < -0.3 is 4.74 Å². The fraction of sp³-hybridized carbons (Fsp3) is 0.857. The minimum atomic E-state index is 0.208. The highest BCUT2D eigenvalue weighted by Gasteiger charge is 1.97. The SMILES string of the molecule is CCCCC(=O)COC. The second-order valence-corrected chi connectivity index (χ2v) is 2.08. The van der Waals surface area contributed by atoms with E-state index in [1.54, 1.807) is 7.11 Å². The molecule has 0 aliphatic carbocycles. The summed E-state index contributed by atoms with van der Waals surface area (Å²) in [5.41, 5.74) is 0. The van der Waals surface area contributed by atoms with Gasteiger partial charge in [-0.3, -0.25) is 4.79 Å². The second kappa shape index (κ2) is 5.76. The monoisotopic (exact) mass is 130 g/mol. The van der Waals surface area contributed by atoms with Crippen LogP contribution in [0.2, 0.25) is 0 Å². The molecule has 0 unspecified atom stereocenters. The third-order valence-corrected chi connectivity index (χ3v) is 1.11.